The van der Waals surface area contributed by atoms with E-state index in [2.05, 4.69) is 55.4 Å². The Kier molecular flexibility index (Phi) is 10.5. The molecule has 4 unspecified atom stereocenters. The minimum absolute atomic E-state index is 0.205. The van der Waals surface area contributed by atoms with E-state index >= 15 is 0 Å². The maximum absolute atomic E-state index is 11.7. The van der Waals surface area contributed by atoms with Crippen molar-refractivity contribution in [2.45, 2.75) is 139 Å². The second-order valence-electron chi connectivity index (χ2n) is 12.0. The third-order valence-corrected chi connectivity index (χ3v) is 8.41. The Labute approximate surface area is 210 Å². The first kappa shape index (κ1) is 28.7. The Morgan fingerprint density at radius 1 is 0.882 bits per heavy atom. The Morgan fingerprint density at radius 3 is 1.94 bits per heavy atom. The van der Waals surface area contributed by atoms with Gasteiger partial charge in [-0.05, 0) is 75.0 Å². The van der Waals surface area contributed by atoms with E-state index in [1.807, 2.05) is 6.92 Å². The van der Waals surface area contributed by atoms with Crippen LogP contribution in [0.1, 0.15) is 134 Å². The van der Waals surface area contributed by atoms with Gasteiger partial charge < -0.3 is 9.47 Å². The molecule has 1 aliphatic rings. The van der Waals surface area contributed by atoms with Gasteiger partial charge in [0.25, 0.3) is 0 Å². The molecule has 34 heavy (non-hydrogen) atoms. The summed E-state index contributed by atoms with van der Waals surface area (Å²) in [6.07, 6.45) is 11.7. The molecule has 0 bridgehead atoms. The topological polar surface area (TPSA) is 35.5 Å². The number of carbonyl (C=O) groups excluding carboxylic acids is 1. The molecule has 2 rings (SSSR count). The van der Waals surface area contributed by atoms with E-state index in [1.165, 1.54) is 63.9 Å². The monoisotopic (exact) mass is 472 g/mol. The number of carbonyl (C=O) groups is 1. The number of rotatable bonds is 13. The van der Waals surface area contributed by atoms with Crippen molar-refractivity contribution in [1.29, 1.82) is 0 Å². The molecule has 0 aliphatic carbocycles. The van der Waals surface area contributed by atoms with Crippen LogP contribution >= 0.6 is 0 Å². The highest BCUT2D eigenvalue weighted by Crippen LogP contribution is 2.53. The largest absolute Gasteiger partial charge is 0.486 e. The van der Waals surface area contributed by atoms with E-state index < -0.39 is 0 Å². The summed E-state index contributed by atoms with van der Waals surface area (Å²) in [6.45, 7) is 21.7. The van der Waals surface area contributed by atoms with E-state index in [0.29, 0.717) is 0 Å². The lowest BCUT2D eigenvalue weighted by atomic mass is 9.80. The minimum atomic E-state index is -0.265. The first-order chi connectivity index (χ1) is 15.9. The molecule has 0 amide bonds. The quantitative estimate of drug-likeness (QED) is 0.212. The summed E-state index contributed by atoms with van der Waals surface area (Å²) in [5.41, 5.74) is 4.18. The molecule has 1 aromatic rings. The molecule has 0 fully saturated rings. The van der Waals surface area contributed by atoms with Crippen LogP contribution in [0.25, 0.3) is 0 Å². The van der Waals surface area contributed by atoms with Gasteiger partial charge in [0.15, 0.2) is 0 Å². The maximum Gasteiger partial charge on any atom is 0.308 e. The first-order valence-corrected chi connectivity index (χ1v) is 13.9. The minimum Gasteiger partial charge on any atom is -0.486 e. The van der Waals surface area contributed by atoms with Crippen molar-refractivity contribution in [3.8, 4) is 11.5 Å². The van der Waals surface area contributed by atoms with Crippen LogP contribution in [-0.2, 0) is 4.79 Å². The zero-order valence-electron chi connectivity index (χ0n) is 23.9. The van der Waals surface area contributed by atoms with Crippen molar-refractivity contribution < 1.29 is 14.3 Å². The summed E-state index contributed by atoms with van der Waals surface area (Å²) in [5.74, 6) is 4.21. The van der Waals surface area contributed by atoms with Gasteiger partial charge in [0.2, 0.25) is 0 Å². The third kappa shape index (κ3) is 7.25. The van der Waals surface area contributed by atoms with Crippen LogP contribution in [0.2, 0.25) is 0 Å². The second-order valence-corrected chi connectivity index (χ2v) is 12.0. The van der Waals surface area contributed by atoms with E-state index in [9.17, 15) is 4.79 Å². The van der Waals surface area contributed by atoms with E-state index in [-0.39, 0.29) is 17.5 Å². The molecule has 3 nitrogen and oxygen atoms in total. The van der Waals surface area contributed by atoms with Crippen molar-refractivity contribution >= 4 is 5.97 Å². The highest BCUT2D eigenvalue weighted by molar-refractivity contribution is 5.72. The highest BCUT2D eigenvalue weighted by atomic mass is 16.5. The molecule has 0 saturated carbocycles. The number of fused-ring (bicyclic) bond motifs is 1. The zero-order chi connectivity index (χ0) is 25.6. The summed E-state index contributed by atoms with van der Waals surface area (Å²) in [4.78, 5) is 11.7. The highest BCUT2D eigenvalue weighted by Gasteiger charge is 2.44. The summed E-state index contributed by atoms with van der Waals surface area (Å²) < 4.78 is 12.3. The SMILES string of the molecule is CC(=O)Oc1c(C)c(C)c2c(c1C)C(C)C(C)(CCCC(C)CCCC(C)CCCC(C)C)O2. The molecule has 0 radical (unpaired) electrons. The molecular weight excluding hydrogens is 420 g/mol. The summed E-state index contributed by atoms with van der Waals surface area (Å²) in [6, 6.07) is 0. The van der Waals surface area contributed by atoms with Gasteiger partial charge >= 0.3 is 5.97 Å². The van der Waals surface area contributed by atoms with Gasteiger partial charge in [0, 0.05) is 18.4 Å². The van der Waals surface area contributed by atoms with Crippen LogP contribution in [0.4, 0.5) is 0 Å². The standard InChI is InChI=1S/C31H52O3/c1-20(2)14-11-15-21(3)16-12-17-22(4)18-13-19-31(10)26(8)28-25(7)29(33-27(9)32)23(5)24(6)30(28)34-31/h20-22,26H,11-19H2,1-10H3. The molecule has 0 saturated heterocycles. The second kappa shape index (κ2) is 12.5. The summed E-state index contributed by atoms with van der Waals surface area (Å²) in [7, 11) is 0. The molecule has 1 aliphatic heterocycles. The lowest BCUT2D eigenvalue weighted by Gasteiger charge is -2.29. The number of hydrogen-bond donors (Lipinski definition) is 0. The molecule has 3 heteroatoms. The molecule has 1 heterocycles. The normalized spacial score (nSPS) is 21.3. The smallest absolute Gasteiger partial charge is 0.308 e. The molecule has 4 atom stereocenters. The first-order valence-electron chi connectivity index (χ1n) is 13.9. The average Bonchev–Trinajstić information content (AvgIpc) is 3.00. The van der Waals surface area contributed by atoms with Gasteiger partial charge in [-0.1, -0.05) is 79.6 Å². The fourth-order valence-electron chi connectivity index (χ4n) is 5.74. The van der Waals surface area contributed by atoms with Gasteiger partial charge in [-0.15, -0.1) is 0 Å². The maximum atomic E-state index is 11.7. The number of benzene rings is 1. The van der Waals surface area contributed by atoms with Crippen LogP contribution in [0.3, 0.4) is 0 Å². The summed E-state index contributed by atoms with van der Waals surface area (Å²) in [5, 5.41) is 0. The molecule has 1 aromatic carbocycles. The van der Waals surface area contributed by atoms with Crippen molar-refractivity contribution in [2.75, 3.05) is 0 Å². The predicted molar refractivity (Wildman–Crippen MR) is 144 cm³/mol. The van der Waals surface area contributed by atoms with E-state index in [0.717, 1.165) is 52.4 Å². The number of hydrogen-bond acceptors (Lipinski definition) is 3. The van der Waals surface area contributed by atoms with Gasteiger partial charge in [0.1, 0.15) is 17.1 Å². The van der Waals surface area contributed by atoms with Crippen LogP contribution in [0, 0.1) is 38.5 Å². The van der Waals surface area contributed by atoms with Crippen LogP contribution in [0.5, 0.6) is 11.5 Å². The number of esters is 1. The van der Waals surface area contributed by atoms with Crippen molar-refractivity contribution in [2.24, 2.45) is 17.8 Å². The van der Waals surface area contributed by atoms with Crippen molar-refractivity contribution in [3.05, 3.63) is 22.3 Å². The van der Waals surface area contributed by atoms with Gasteiger partial charge in [-0.2, -0.15) is 0 Å². The lowest BCUT2D eigenvalue weighted by molar-refractivity contribution is -0.131. The van der Waals surface area contributed by atoms with Crippen molar-refractivity contribution in [1.82, 2.24) is 0 Å². The fourth-order valence-corrected chi connectivity index (χ4v) is 5.74. The Morgan fingerprint density at radius 2 is 1.41 bits per heavy atom. The van der Waals surface area contributed by atoms with Gasteiger partial charge in [-0.3, -0.25) is 4.79 Å². The molecule has 0 N–H and O–H groups in total. The number of ether oxygens (including phenoxy) is 2. The molecule has 0 spiro atoms. The third-order valence-electron chi connectivity index (χ3n) is 8.41. The van der Waals surface area contributed by atoms with Gasteiger partial charge in [-0.25, -0.2) is 0 Å². The van der Waals surface area contributed by atoms with Crippen LogP contribution in [-0.4, -0.2) is 11.6 Å². The Balaban J connectivity index is 1.87. The van der Waals surface area contributed by atoms with Gasteiger partial charge in [0.05, 0.1) is 0 Å². The molecule has 194 valence electrons. The zero-order valence-corrected chi connectivity index (χ0v) is 23.9. The Bertz CT molecular complexity index is 825. The van der Waals surface area contributed by atoms with E-state index in [1.54, 1.807) is 0 Å². The van der Waals surface area contributed by atoms with Crippen LogP contribution in [0.15, 0.2) is 0 Å². The predicted octanol–water partition coefficient (Wildman–Crippen LogP) is 9.23. The van der Waals surface area contributed by atoms with Crippen LogP contribution < -0.4 is 9.47 Å². The summed E-state index contributed by atoms with van der Waals surface area (Å²) >= 11 is 0. The Hall–Kier alpha value is -1.51. The average molecular weight is 473 g/mol. The lowest BCUT2D eigenvalue weighted by Crippen LogP contribution is -2.33. The fraction of sp³-hybridized carbons (Fsp3) is 0.774. The molecular formula is C31H52O3. The van der Waals surface area contributed by atoms with Crippen molar-refractivity contribution in [3.63, 3.8) is 0 Å². The molecule has 0 aromatic heterocycles. The van der Waals surface area contributed by atoms with E-state index in [4.69, 9.17) is 9.47 Å².